The van der Waals surface area contributed by atoms with Crippen LogP contribution in [0.4, 0.5) is 5.95 Å². The van der Waals surface area contributed by atoms with Crippen molar-refractivity contribution in [1.29, 1.82) is 0 Å². The Morgan fingerprint density at radius 1 is 1.22 bits per heavy atom. The molecule has 1 fully saturated rings. The van der Waals surface area contributed by atoms with E-state index >= 15 is 0 Å². The van der Waals surface area contributed by atoms with Crippen molar-refractivity contribution in [3.8, 4) is 0 Å². The van der Waals surface area contributed by atoms with E-state index in [0.29, 0.717) is 13.0 Å². The van der Waals surface area contributed by atoms with Crippen molar-refractivity contribution < 1.29 is 4.79 Å². The number of hydrogen-bond donors (Lipinski definition) is 2. The predicted octanol–water partition coefficient (Wildman–Crippen LogP) is -0.546. The Morgan fingerprint density at radius 2 is 2.00 bits per heavy atom. The van der Waals surface area contributed by atoms with Crippen LogP contribution in [-0.4, -0.2) is 72.5 Å². The van der Waals surface area contributed by atoms with Gasteiger partial charge in [-0.25, -0.2) is 9.97 Å². The minimum Gasteiger partial charge on any atom is -0.356 e. The molecular formula is C15H23N7O. The second-order valence-electron chi connectivity index (χ2n) is 5.60. The van der Waals surface area contributed by atoms with Crippen LogP contribution in [0, 0.1) is 0 Å². The number of nitrogens with zero attached hydrogens (tertiary/aromatic N) is 5. The number of aromatic nitrogens is 2. The third-order valence-corrected chi connectivity index (χ3v) is 4.00. The van der Waals surface area contributed by atoms with E-state index in [1.807, 2.05) is 11.0 Å². The van der Waals surface area contributed by atoms with Gasteiger partial charge in [0.15, 0.2) is 5.96 Å². The summed E-state index contributed by atoms with van der Waals surface area (Å²) in [6.45, 7) is 5.41. The molecule has 124 valence electrons. The Morgan fingerprint density at radius 3 is 2.70 bits per heavy atom. The zero-order chi connectivity index (χ0) is 15.9. The molecule has 0 aromatic carbocycles. The van der Waals surface area contributed by atoms with Gasteiger partial charge in [-0.15, -0.1) is 0 Å². The normalized spacial score (nSPS) is 18.2. The Balaban J connectivity index is 1.39. The lowest BCUT2D eigenvalue weighted by molar-refractivity contribution is -0.131. The molecule has 1 amide bonds. The summed E-state index contributed by atoms with van der Waals surface area (Å²) < 4.78 is 0. The molecule has 8 heteroatoms. The Hall–Kier alpha value is -2.38. The molecule has 8 nitrogen and oxygen atoms in total. The van der Waals surface area contributed by atoms with Crippen molar-refractivity contribution in [2.24, 2.45) is 4.99 Å². The molecular weight excluding hydrogens is 294 g/mol. The number of amides is 1. The van der Waals surface area contributed by atoms with Gasteiger partial charge in [0.25, 0.3) is 0 Å². The monoisotopic (exact) mass is 317 g/mol. The molecule has 3 rings (SSSR count). The minimum atomic E-state index is 0.183. The number of anilines is 1. The summed E-state index contributed by atoms with van der Waals surface area (Å²) in [6, 6.07) is 1.81. The van der Waals surface area contributed by atoms with Crippen LogP contribution in [0.5, 0.6) is 0 Å². The van der Waals surface area contributed by atoms with Gasteiger partial charge in [0.1, 0.15) is 0 Å². The standard InChI is InChI=1S/C15H23N7O/c23-13(3-8-18-14-16-4-1-5-17-14)21-9-11-22(12-10-21)15-19-6-2-7-20-15/h2,6-7H,1,3-5,8-12H2,(H2,16,17,18). The molecule has 23 heavy (non-hydrogen) atoms. The number of aliphatic imine (C=N–C) groups is 1. The summed E-state index contributed by atoms with van der Waals surface area (Å²) in [5.74, 6) is 1.74. The van der Waals surface area contributed by atoms with Crippen LogP contribution >= 0.6 is 0 Å². The van der Waals surface area contributed by atoms with E-state index in [-0.39, 0.29) is 5.91 Å². The molecule has 0 atom stereocenters. The zero-order valence-corrected chi connectivity index (χ0v) is 13.2. The van der Waals surface area contributed by atoms with E-state index in [1.54, 1.807) is 12.4 Å². The number of guanidine groups is 1. The lowest BCUT2D eigenvalue weighted by atomic mass is 10.3. The van der Waals surface area contributed by atoms with E-state index in [4.69, 9.17) is 0 Å². The molecule has 0 radical (unpaired) electrons. The number of carbonyl (C=O) groups is 1. The fraction of sp³-hybridized carbons (Fsp3) is 0.600. The van der Waals surface area contributed by atoms with Crippen LogP contribution in [0.2, 0.25) is 0 Å². The molecule has 0 unspecified atom stereocenters. The van der Waals surface area contributed by atoms with Gasteiger partial charge in [-0.05, 0) is 12.5 Å². The van der Waals surface area contributed by atoms with Gasteiger partial charge in [0, 0.05) is 64.6 Å². The van der Waals surface area contributed by atoms with Crippen LogP contribution in [-0.2, 0) is 4.79 Å². The van der Waals surface area contributed by atoms with Gasteiger partial charge in [-0.3, -0.25) is 9.79 Å². The van der Waals surface area contributed by atoms with Crippen LogP contribution < -0.4 is 15.5 Å². The SMILES string of the molecule is O=C(CCNC1=NCCCN1)N1CCN(c2ncccn2)CC1. The highest BCUT2D eigenvalue weighted by atomic mass is 16.2. The highest BCUT2D eigenvalue weighted by Crippen LogP contribution is 2.10. The fourth-order valence-electron chi connectivity index (χ4n) is 2.71. The Kier molecular flexibility index (Phi) is 5.23. The van der Waals surface area contributed by atoms with Gasteiger partial charge in [-0.2, -0.15) is 0 Å². The second-order valence-corrected chi connectivity index (χ2v) is 5.60. The van der Waals surface area contributed by atoms with E-state index in [0.717, 1.165) is 57.6 Å². The number of rotatable bonds is 4. The lowest BCUT2D eigenvalue weighted by Crippen LogP contribution is -2.50. The van der Waals surface area contributed by atoms with Crippen molar-refractivity contribution in [2.75, 3.05) is 50.7 Å². The number of carbonyl (C=O) groups excluding carboxylic acids is 1. The molecule has 1 aromatic heterocycles. The van der Waals surface area contributed by atoms with Gasteiger partial charge in [0.2, 0.25) is 11.9 Å². The summed E-state index contributed by atoms with van der Waals surface area (Å²) in [4.78, 5) is 29.1. The molecule has 2 N–H and O–H groups in total. The Labute approximate surface area is 136 Å². The predicted molar refractivity (Wildman–Crippen MR) is 88.4 cm³/mol. The van der Waals surface area contributed by atoms with Crippen LogP contribution in [0.25, 0.3) is 0 Å². The van der Waals surface area contributed by atoms with Crippen molar-refractivity contribution in [1.82, 2.24) is 25.5 Å². The fourth-order valence-corrected chi connectivity index (χ4v) is 2.71. The quantitative estimate of drug-likeness (QED) is 0.775. The number of piperazine rings is 1. The molecule has 0 bridgehead atoms. The van der Waals surface area contributed by atoms with Gasteiger partial charge in [-0.1, -0.05) is 0 Å². The second kappa shape index (κ2) is 7.75. The van der Waals surface area contributed by atoms with Gasteiger partial charge < -0.3 is 20.4 Å². The molecule has 1 saturated heterocycles. The van der Waals surface area contributed by atoms with E-state index in [1.165, 1.54) is 0 Å². The third-order valence-electron chi connectivity index (χ3n) is 4.00. The molecule has 2 aliphatic rings. The average molecular weight is 317 g/mol. The largest absolute Gasteiger partial charge is 0.356 e. The van der Waals surface area contributed by atoms with E-state index < -0.39 is 0 Å². The van der Waals surface area contributed by atoms with Crippen molar-refractivity contribution >= 4 is 17.8 Å². The van der Waals surface area contributed by atoms with E-state index in [2.05, 4.69) is 30.5 Å². The first-order valence-electron chi connectivity index (χ1n) is 8.15. The van der Waals surface area contributed by atoms with Crippen LogP contribution in [0.3, 0.4) is 0 Å². The maximum absolute atomic E-state index is 12.3. The third kappa shape index (κ3) is 4.30. The summed E-state index contributed by atoms with van der Waals surface area (Å²) in [5, 5.41) is 6.38. The molecule has 0 saturated carbocycles. The summed E-state index contributed by atoms with van der Waals surface area (Å²) in [7, 11) is 0. The molecule has 0 spiro atoms. The smallest absolute Gasteiger partial charge is 0.225 e. The highest BCUT2D eigenvalue weighted by molar-refractivity contribution is 5.81. The summed E-state index contributed by atoms with van der Waals surface area (Å²) >= 11 is 0. The van der Waals surface area contributed by atoms with E-state index in [9.17, 15) is 4.79 Å². The average Bonchev–Trinajstić information content (AvgIpc) is 2.63. The van der Waals surface area contributed by atoms with Crippen molar-refractivity contribution in [3.63, 3.8) is 0 Å². The molecule has 0 aliphatic carbocycles. The van der Waals surface area contributed by atoms with Crippen LogP contribution in [0.1, 0.15) is 12.8 Å². The molecule has 3 heterocycles. The lowest BCUT2D eigenvalue weighted by Gasteiger charge is -2.34. The summed E-state index contributed by atoms with van der Waals surface area (Å²) in [5.41, 5.74) is 0. The number of hydrogen-bond acceptors (Lipinski definition) is 7. The van der Waals surface area contributed by atoms with Crippen molar-refractivity contribution in [3.05, 3.63) is 18.5 Å². The summed E-state index contributed by atoms with van der Waals surface area (Å²) in [6.07, 6.45) is 5.04. The maximum Gasteiger partial charge on any atom is 0.225 e. The zero-order valence-electron chi connectivity index (χ0n) is 13.2. The Bertz CT molecular complexity index is 540. The number of nitrogens with one attached hydrogen (secondary N) is 2. The maximum atomic E-state index is 12.3. The van der Waals surface area contributed by atoms with Crippen LogP contribution in [0.15, 0.2) is 23.5 Å². The van der Waals surface area contributed by atoms with Gasteiger partial charge >= 0.3 is 0 Å². The molecule has 2 aliphatic heterocycles. The first-order chi connectivity index (χ1) is 11.3. The minimum absolute atomic E-state index is 0.183. The first-order valence-corrected chi connectivity index (χ1v) is 8.15. The van der Waals surface area contributed by atoms with Crippen molar-refractivity contribution in [2.45, 2.75) is 12.8 Å². The highest BCUT2D eigenvalue weighted by Gasteiger charge is 2.22. The van der Waals surface area contributed by atoms with Gasteiger partial charge in [0.05, 0.1) is 0 Å². The first kappa shape index (κ1) is 15.5. The topological polar surface area (TPSA) is 85.8 Å². The molecule has 1 aromatic rings.